The van der Waals surface area contributed by atoms with Gasteiger partial charge in [-0.05, 0) is 31.0 Å². The topological polar surface area (TPSA) is 46.1 Å². The molecule has 0 fully saturated rings. The molecule has 0 spiro atoms. The Kier molecular flexibility index (Phi) is 12.0. The average Bonchev–Trinajstić information content (AvgIpc) is 2.55. The molecular formula is C17H29ClIN3O2. The second kappa shape index (κ2) is 12.5. The van der Waals surface area contributed by atoms with Gasteiger partial charge in [0, 0.05) is 27.2 Å². The van der Waals surface area contributed by atoms with Crippen molar-refractivity contribution >= 4 is 41.5 Å². The van der Waals surface area contributed by atoms with E-state index in [0.717, 1.165) is 30.9 Å². The van der Waals surface area contributed by atoms with Crippen LogP contribution in [0.4, 0.5) is 0 Å². The van der Waals surface area contributed by atoms with Crippen molar-refractivity contribution in [1.29, 1.82) is 0 Å². The smallest absolute Gasteiger partial charge is 0.193 e. The third-order valence-corrected chi connectivity index (χ3v) is 3.73. The second-order valence-corrected chi connectivity index (χ2v) is 5.63. The highest BCUT2D eigenvalue weighted by molar-refractivity contribution is 14.0. The molecule has 0 radical (unpaired) electrons. The van der Waals surface area contributed by atoms with Crippen molar-refractivity contribution in [3.63, 3.8) is 0 Å². The zero-order valence-electron chi connectivity index (χ0n) is 15.2. The van der Waals surface area contributed by atoms with Crippen LogP contribution < -0.4 is 14.8 Å². The molecule has 0 saturated heterocycles. The van der Waals surface area contributed by atoms with Crippen LogP contribution in [0.5, 0.6) is 11.5 Å². The molecule has 0 saturated carbocycles. The van der Waals surface area contributed by atoms with Gasteiger partial charge in [-0.3, -0.25) is 4.99 Å². The van der Waals surface area contributed by atoms with Crippen molar-refractivity contribution in [2.75, 3.05) is 34.4 Å². The molecule has 24 heavy (non-hydrogen) atoms. The largest absolute Gasteiger partial charge is 0.493 e. The molecule has 0 unspecified atom stereocenters. The Morgan fingerprint density at radius 1 is 1.33 bits per heavy atom. The third kappa shape index (κ3) is 6.93. The first-order valence-electron chi connectivity index (χ1n) is 7.98. The summed E-state index contributed by atoms with van der Waals surface area (Å²) in [6, 6.07) is 3.82. The average molecular weight is 470 g/mol. The highest BCUT2D eigenvalue weighted by Crippen LogP contribution is 2.36. The van der Waals surface area contributed by atoms with E-state index in [1.165, 1.54) is 0 Å². The van der Waals surface area contributed by atoms with Crippen molar-refractivity contribution < 1.29 is 9.47 Å². The van der Waals surface area contributed by atoms with Gasteiger partial charge >= 0.3 is 0 Å². The number of ether oxygens (including phenoxy) is 2. The van der Waals surface area contributed by atoms with Gasteiger partial charge in [-0.15, -0.1) is 24.0 Å². The quantitative estimate of drug-likeness (QED) is 0.353. The van der Waals surface area contributed by atoms with Crippen LogP contribution in [0.25, 0.3) is 0 Å². The van der Waals surface area contributed by atoms with E-state index in [0.29, 0.717) is 29.7 Å². The molecule has 1 rings (SSSR count). The minimum Gasteiger partial charge on any atom is -0.493 e. The van der Waals surface area contributed by atoms with Gasteiger partial charge in [0.25, 0.3) is 0 Å². The van der Waals surface area contributed by atoms with Gasteiger partial charge in [-0.2, -0.15) is 0 Å². The van der Waals surface area contributed by atoms with Crippen LogP contribution >= 0.6 is 35.6 Å². The first kappa shape index (κ1) is 23.1. The van der Waals surface area contributed by atoms with Crippen molar-refractivity contribution in [2.24, 2.45) is 4.99 Å². The zero-order valence-corrected chi connectivity index (χ0v) is 18.3. The number of nitrogens with zero attached hydrogens (tertiary/aromatic N) is 2. The van der Waals surface area contributed by atoms with E-state index < -0.39 is 0 Å². The molecule has 0 aliphatic heterocycles. The number of nitrogens with one attached hydrogen (secondary N) is 1. The minimum absolute atomic E-state index is 0. The van der Waals surface area contributed by atoms with Gasteiger partial charge in [-0.25, -0.2) is 0 Å². The van der Waals surface area contributed by atoms with E-state index in [-0.39, 0.29) is 24.0 Å². The van der Waals surface area contributed by atoms with Crippen LogP contribution in [-0.2, 0) is 6.54 Å². The molecule has 7 heteroatoms. The van der Waals surface area contributed by atoms with Gasteiger partial charge in [0.1, 0.15) is 0 Å². The summed E-state index contributed by atoms with van der Waals surface area (Å²) in [6.07, 6.45) is 2.30. The number of guanidine groups is 1. The van der Waals surface area contributed by atoms with Gasteiger partial charge in [0.15, 0.2) is 17.5 Å². The fraction of sp³-hybridized carbons (Fsp3) is 0.588. The van der Waals surface area contributed by atoms with Gasteiger partial charge < -0.3 is 19.7 Å². The molecule has 0 amide bonds. The predicted octanol–water partition coefficient (Wildman–Crippen LogP) is 4.17. The molecule has 1 N–H and O–H groups in total. The summed E-state index contributed by atoms with van der Waals surface area (Å²) < 4.78 is 10.9. The van der Waals surface area contributed by atoms with Crippen LogP contribution in [0.3, 0.4) is 0 Å². The standard InChI is InChI=1S/C17H28ClN3O2.HI/c1-6-8-9-21(4)17(19-3)20-12-13-10-14(18)16(23-7-2)15(11-13)22-5;/h10-11H,6-9,12H2,1-5H3,(H,19,20);1H. The second-order valence-electron chi connectivity index (χ2n) is 5.22. The Morgan fingerprint density at radius 3 is 2.58 bits per heavy atom. The summed E-state index contributed by atoms with van der Waals surface area (Å²) in [6.45, 7) is 6.23. The van der Waals surface area contributed by atoms with Crippen molar-refractivity contribution in [1.82, 2.24) is 10.2 Å². The Labute approximate surface area is 167 Å². The number of rotatable bonds is 8. The number of benzene rings is 1. The number of halogens is 2. The van der Waals surface area contributed by atoms with Crippen molar-refractivity contribution in [3.05, 3.63) is 22.7 Å². The lowest BCUT2D eigenvalue weighted by Gasteiger charge is -2.22. The summed E-state index contributed by atoms with van der Waals surface area (Å²) in [7, 11) is 5.44. The lowest BCUT2D eigenvalue weighted by molar-refractivity contribution is 0.311. The van der Waals surface area contributed by atoms with E-state index in [4.69, 9.17) is 21.1 Å². The summed E-state index contributed by atoms with van der Waals surface area (Å²) >= 11 is 6.30. The lowest BCUT2D eigenvalue weighted by atomic mass is 10.2. The van der Waals surface area contributed by atoms with E-state index in [2.05, 4.69) is 22.1 Å². The van der Waals surface area contributed by atoms with Crippen LogP contribution in [0.2, 0.25) is 5.02 Å². The third-order valence-electron chi connectivity index (χ3n) is 3.45. The van der Waals surface area contributed by atoms with E-state index in [9.17, 15) is 0 Å². The first-order chi connectivity index (χ1) is 11.1. The van der Waals surface area contributed by atoms with Crippen molar-refractivity contribution in [3.8, 4) is 11.5 Å². The zero-order chi connectivity index (χ0) is 17.2. The monoisotopic (exact) mass is 469 g/mol. The van der Waals surface area contributed by atoms with Crippen LogP contribution in [-0.4, -0.2) is 45.2 Å². The molecular weight excluding hydrogens is 441 g/mol. The molecule has 0 aliphatic rings. The fourth-order valence-electron chi connectivity index (χ4n) is 2.23. The summed E-state index contributed by atoms with van der Waals surface area (Å²) in [5.74, 6) is 2.10. The number of aliphatic imine (C=N–C) groups is 1. The van der Waals surface area contributed by atoms with Crippen LogP contribution in [0.1, 0.15) is 32.3 Å². The molecule has 5 nitrogen and oxygen atoms in total. The van der Waals surface area contributed by atoms with Crippen LogP contribution in [0, 0.1) is 0 Å². The molecule has 1 aromatic rings. The van der Waals surface area contributed by atoms with Gasteiger partial charge in [-0.1, -0.05) is 24.9 Å². The Bertz CT molecular complexity index is 527. The minimum atomic E-state index is 0. The molecule has 138 valence electrons. The lowest BCUT2D eigenvalue weighted by Crippen LogP contribution is -2.38. The Morgan fingerprint density at radius 2 is 2.04 bits per heavy atom. The maximum atomic E-state index is 6.30. The summed E-state index contributed by atoms with van der Waals surface area (Å²) in [5, 5.41) is 3.90. The SMILES string of the molecule is CCCCN(C)C(=NC)NCc1cc(Cl)c(OCC)c(OC)c1.I. The fourth-order valence-corrected chi connectivity index (χ4v) is 2.51. The number of hydrogen-bond donors (Lipinski definition) is 1. The number of methoxy groups -OCH3 is 1. The molecule has 0 heterocycles. The molecule has 1 aromatic carbocycles. The van der Waals surface area contributed by atoms with Gasteiger partial charge in [0.2, 0.25) is 0 Å². The van der Waals surface area contributed by atoms with E-state index in [1.54, 1.807) is 14.2 Å². The highest BCUT2D eigenvalue weighted by atomic mass is 127. The van der Waals surface area contributed by atoms with E-state index >= 15 is 0 Å². The Balaban J connectivity index is 0.00000529. The molecule has 0 atom stereocenters. The summed E-state index contributed by atoms with van der Waals surface area (Å²) in [5.41, 5.74) is 1.01. The predicted molar refractivity (Wildman–Crippen MR) is 112 cm³/mol. The molecule has 0 aromatic heterocycles. The van der Waals surface area contributed by atoms with Gasteiger partial charge in [0.05, 0.1) is 18.7 Å². The molecule has 0 aliphatic carbocycles. The Hall–Kier alpha value is -0.890. The highest BCUT2D eigenvalue weighted by Gasteiger charge is 2.12. The maximum absolute atomic E-state index is 6.30. The number of hydrogen-bond acceptors (Lipinski definition) is 3. The normalized spacial score (nSPS) is 10.8. The van der Waals surface area contributed by atoms with Crippen LogP contribution in [0.15, 0.2) is 17.1 Å². The molecule has 0 bridgehead atoms. The number of unbranched alkanes of at least 4 members (excludes halogenated alkanes) is 1. The van der Waals surface area contributed by atoms with Crippen molar-refractivity contribution in [2.45, 2.75) is 33.2 Å². The first-order valence-corrected chi connectivity index (χ1v) is 8.36. The summed E-state index contributed by atoms with van der Waals surface area (Å²) in [4.78, 5) is 6.43. The maximum Gasteiger partial charge on any atom is 0.193 e. The van der Waals surface area contributed by atoms with E-state index in [1.807, 2.05) is 26.1 Å².